The summed E-state index contributed by atoms with van der Waals surface area (Å²) in [6.07, 6.45) is -0.211. The number of rotatable bonds is 6. The van der Waals surface area contributed by atoms with Crippen LogP contribution in [0, 0.1) is 11.8 Å². The Morgan fingerprint density at radius 3 is 2.15 bits per heavy atom. The number of nitrogens with one attached hydrogen (secondary N) is 1. The first-order chi connectivity index (χ1) is 8.91. The van der Waals surface area contributed by atoms with Crippen LogP contribution >= 0.6 is 0 Å². The molecule has 0 bridgehead atoms. The van der Waals surface area contributed by atoms with E-state index in [9.17, 15) is 9.59 Å². The largest absolute Gasteiger partial charge is 0.413 e. The van der Waals surface area contributed by atoms with E-state index in [1.54, 1.807) is 0 Å². The Morgan fingerprint density at radius 2 is 1.80 bits per heavy atom. The van der Waals surface area contributed by atoms with Gasteiger partial charge in [0.2, 0.25) is 5.91 Å². The van der Waals surface area contributed by atoms with Crippen molar-refractivity contribution in [2.45, 2.75) is 71.8 Å². The third kappa shape index (κ3) is 2.98. The maximum absolute atomic E-state index is 11.7. The number of Topliss-reactive ketones (excluding diaryl/α,β-unsaturated/α-hetero) is 1. The van der Waals surface area contributed by atoms with Gasteiger partial charge in [0.05, 0.1) is 12.0 Å². The highest BCUT2D eigenvalue weighted by molar-refractivity contribution is 6.74. The lowest BCUT2D eigenvalue weighted by Gasteiger charge is -2.47. The van der Waals surface area contributed by atoms with Gasteiger partial charge < -0.3 is 9.74 Å². The molecule has 1 amide bonds. The van der Waals surface area contributed by atoms with Crippen molar-refractivity contribution in [2.75, 3.05) is 0 Å². The van der Waals surface area contributed by atoms with Crippen LogP contribution < -0.4 is 5.32 Å². The third-order valence-corrected chi connectivity index (χ3v) is 10.0. The number of hydrogen-bond acceptors (Lipinski definition) is 3. The van der Waals surface area contributed by atoms with Gasteiger partial charge in [-0.25, -0.2) is 0 Å². The summed E-state index contributed by atoms with van der Waals surface area (Å²) in [6, 6.07) is -0.371. The highest BCUT2D eigenvalue weighted by Gasteiger charge is 2.50. The lowest BCUT2D eigenvalue weighted by Crippen LogP contribution is -2.66. The third-order valence-electron chi connectivity index (χ3n) is 5.38. The summed E-state index contributed by atoms with van der Waals surface area (Å²) < 4.78 is 6.34. The molecule has 0 aromatic rings. The lowest BCUT2D eigenvalue weighted by molar-refractivity contribution is -0.146. The Labute approximate surface area is 123 Å². The monoisotopic (exact) mass is 299 g/mol. The SMILES string of the molecule is CC(=O)[C@@H]1NC(=O)[C@H]1C(C)O[Si](C)(C)C(C)(C)C(C)C. The summed E-state index contributed by atoms with van der Waals surface area (Å²) in [4.78, 5) is 23.2. The topological polar surface area (TPSA) is 55.4 Å². The van der Waals surface area contributed by atoms with Crippen LogP contribution in [0.25, 0.3) is 0 Å². The molecule has 1 N–H and O–H groups in total. The number of carbonyl (C=O) groups is 2. The van der Waals surface area contributed by atoms with Crippen LogP contribution in [0.15, 0.2) is 0 Å². The van der Waals surface area contributed by atoms with Gasteiger partial charge in [0.1, 0.15) is 6.04 Å². The molecule has 0 aromatic carbocycles. The molecule has 1 aliphatic rings. The average Bonchev–Trinajstić information content (AvgIpc) is 2.23. The number of carbonyl (C=O) groups excluding carboxylic acids is 2. The van der Waals surface area contributed by atoms with Gasteiger partial charge in [0.25, 0.3) is 0 Å². The summed E-state index contributed by atoms with van der Waals surface area (Å²) in [5, 5.41) is 2.77. The minimum atomic E-state index is -1.99. The van der Waals surface area contributed by atoms with E-state index in [0.29, 0.717) is 5.92 Å². The normalized spacial score (nSPS) is 25.1. The zero-order valence-electron chi connectivity index (χ0n) is 14.0. The molecule has 1 aliphatic heterocycles. The van der Waals surface area contributed by atoms with E-state index in [2.05, 4.69) is 46.1 Å². The fourth-order valence-electron chi connectivity index (χ4n) is 2.62. The fraction of sp³-hybridized carbons (Fsp3) is 0.867. The molecule has 0 saturated carbocycles. The fourth-order valence-corrected chi connectivity index (χ4v) is 5.39. The Kier molecular flexibility index (Phi) is 4.86. The van der Waals surface area contributed by atoms with Gasteiger partial charge in [-0.3, -0.25) is 9.59 Å². The number of β-lactam (4-membered cyclic amide) rings is 1. The van der Waals surface area contributed by atoms with Gasteiger partial charge in [0, 0.05) is 0 Å². The van der Waals surface area contributed by atoms with Gasteiger partial charge in [-0.2, -0.15) is 0 Å². The summed E-state index contributed by atoms with van der Waals surface area (Å²) in [7, 11) is -1.99. The van der Waals surface area contributed by atoms with Crippen molar-refractivity contribution in [1.82, 2.24) is 5.32 Å². The van der Waals surface area contributed by atoms with Gasteiger partial charge in [-0.1, -0.05) is 27.7 Å². The van der Waals surface area contributed by atoms with Crippen molar-refractivity contribution in [3.05, 3.63) is 0 Å². The van der Waals surface area contributed by atoms with Crippen molar-refractivity contribution < 1.29 is 14.0 Å². The minimum absolute atomic E-state index is 0.00708. The summed E-state index contributed by atoms with van der Waals surface area (Å²) >= 11 is 0. The number of hydrogen-bond donors (Lipinski definition) is 1. The predicted octanol–water partition coefficient (Wildman–Crippen LogP) is 2.74. The van der Waals surface area contributed by atoms with Crippen LogP contribution in [0.3, 0.4) is 0 Å². The zero-order chi connectivity index (χ0) is 15.9. The first kappa shape index (κ1) is 17.4. The Bertz CT molecular complexity index is 404. The lowest BCUT2D eigenvalue weighted by atomic mass is 9.84. The Morgan fingerprint density at radius 1 is 1.30 bits per heavy atom. The van der Waals surface area contributed by atoms with Gasteiger partial charge in [-0.15, -0.1) is 0 Å². The molecule has 1 rings (SSSR count). The number of ketones is 1. The van der Waals surface area contributed by atoms with Crippen LogP contribution in [0.5, 0.6) is 0 Å². The standard InChI is InChI=1S/C15H29NO3Si/c1-9(2)15(5,6)20(7,8)19-11(4)12-13(10(3)17)16-14(12)18/h9,11-13H,1-8H3,(H,16,18)/t11?,12-,13-/m0/s1. The maximum Gasteiger partial charge on any atom is 0.228 e. The molecule has 0 aromatic heterocycles. The number of amides is 1. The van der Waals surface area contributed by atoms with Crippen LogP contribution in [0.4, 0.5) is 0 Å². The molecule has 1 fully saturated rings. The molecule has 0 radical (unpaired) electrons. The molecule has 0 spiro atoms. The highest BCUT2D eigenvalue weighted by Crippen LogP contribution is 2.45. The van der Waals surface area contributed by atoms with E-state index in [1.165, 1.54) is 6.92 Å². The molecule has 1 unspecified atom stereocenters. The van der Waals surface area contributed by atoms with Crippen molar-refractivity contribution >= 4 is 20.0 Å². The second-order valence-electron chi connectivity index (χ2n) is 7.33. The molecule has 0 aliphatic carbocycles. The predicted molar refractivity (Wildman–Crippen MR) is 83.0 cm³/mol. The maximum atomic E-state index is 11.7. The van der Waals surface area contributed by atoms with Crippen molar-refractivity contribution in [3.63, 3.8) is 0 Å². The molecular formula is C15H29NO3Si. The van der Waals surface area contributed by atoms with Crippen LogP contribution in [-0.4, -0.2) is 32.2 Å². The van der Waals surface area contributed by atoms with Crippen molar-refractivity contribution in [1.29, 1.82) is 0 Å². The molecule has 20 heavy (non-hydrogen) atoms. The Hall–Kier alpha value is -0.683. The van der Waals surface area contributed by atoms with Crippen molar-refractivity contribution in [3.8, 4) is 0 Å². The average molecular weight is 299 g/mol. The van der Waals surface area contributed by atoms with E-state index in [0.717, 1.165) is 0 Å². The first-order valence-corrected chi connectivity index (χ1v) is 10.3. The second kappa shape index (κ2) is 5.60. The molecule has 1 saturated heterocycles. The zero-order valence-corrected chi connectivity index (χ0v) is 15.0. The van der Waals surface area contributed by atoms with E-state index in [-0.39, 0.29) is 34.8 Å². The van der Waals surface area contributed by atoms with Crippen LogP contribution in [-0.2, 0) is 14.0 Å². The summed E-state index contributed by atoms with van der Waals surface area (Å²) in [5.74, 6) is 0.120. The highest BCUT2D eigenvalue weighted by atomic mass is 28.4. The molecular weight excluding hydrogens is 270 g/mol. The van der Waals surface area contributed by atoms with E-state index < -0.39 is 8.32 Å². The van der Waals surface area contributed by atoms with Gasteiger partial charge in [-0.05, 0) is 37.9 Å². The molecule has 1 heterocycles. The first-order valence-electron chi connectivity index (χ1n) is 7.40. The second-order valence-corrected chi connectivity index (χ2v) is 11.9. The van der Waals surface area contributed by atoms with Gasteiger partial charge in [0.15, 0.2) is 14.1 Å². The summed E-state index contributed by atoms with van der Waals surface area (Å²) in [6.45, 7) is 16.7. The van der Waals surface area contributed by atoms with E-state index in [4.69, 9.17) is 4.43 Å². The molecule has 5 heteroatoms. The molecule has 4 nitrogen and oxygen atoms in total. The van der Waals surface area contributed by atoms with E-state index >= 15 is 0 Å². The van der Waals surface area contributed by atoms with Crippen LogP contribution in [0.2, 0.25) is 18.1 Å². The molecule has 116 valence electrons. The van der Waals surface area contributed by atoms with Crippen LogP contribution in [0.1, 0.15) is 41.5 Å². The summed E-state index contributed by atoms with van der Waals surface area (Å²) in [5.41, 5.74) is 0. The van der Waals surface area contributed by atoms with E-state index in [1.807, 2.05) is 6.92 Å². The quantitative estimate of drug-likeness (QED) is 0.606. The smallest absolute Gasteiger partial charge is 0.228 e. The minimum Gasteiger partial charge on any atom is -0.413 e. The van der Waals surface area contributed by atoms with Gasteiger partial charge >= 0.3 is 0 Å². The molecule has 3 atom stereocenters. The Balaban J connectivity index is 2.82. The van der Waals surface area contributed by atoms with Crippen molar-refractivity contribution in [2.24, 2.45) is 11.8 Å².